The SMILES string of the molecule is CCNCC(C)C(=O)c1cccc(Cl)c1. The molecule has 0 fully saturated rings. The maximum Gasteiger partial charge on any atom is 0.166 e. The zero-order valence-electron chi connectivity index (χ0n) is 9.09. The number of halogens is 1. The lowest BCUT2D eigenvalue weighted by atomic mass is 9.99. The van der Waals surface area contributed by atoms with Crippen molar-refractivity contribution in [3.05, 3.63) is 34.9 Å². The largest absolute Gasteiger partial charge is 0.316 e. The Balaban J connectivity index is 2.67. The molecule has 1 atom stereocenters. The fourth-order valence-corrected chi connectivity index (χ4v) is 1.57. The fraction of sp³-hybridized carbons (Fsp3) is 0.417. The molecule has 1 rings (SSSR count). The molecule has 0 aliphatic carbocycles. The van der Waals surface area contributed by atoms with Gasteiger partial charge in [-0.3, -0.25) is 4.79 Å². The zero-order chi connectivity index (χ0) is 11.3. The lowest BCUT2D eigenvalue weighted by molar-refractivity contribution is 0.0929. The molecule has 3 heteroatoms. The van der Waals surface area contributed by atoms with Crippen LogP contribution >= 0.6 is 11.6 Å². The van der Waals surface area contributed by atoms with Crippen molar-refractivity contribution in [3.8, 4) is 0 Å². The second-order valence-corrected chi connectivity index (χ2v) is 4.02. The van der Waals surface area contributed by atoms with Gasteiger partial charge in [0.25, 0.3) is 0 Å². The van der Waals surface area contributed by atoms with Gasteiger partial charge in [0.1, 0.15) is 0 Å². The Labute approximate surface area is 95.6 Å². The van der Waals surface area contributed by atoms with Crippen LogP contribution in [0.15, 0.2) is 24.3 Å². The topological polar surface area (TPSA) is 29.1 Å². The van der Waals surface area contributed by atoms with E-state index in [4.69, 9.17) is 11.6 Å². The summed E-state index contributed by atoms with van der Waals surface area (Å²) < 4.78 is 0. The monoisotopic (exact) mass is 225 g/mol. The molecular formula is C12H16ClNO. The van der Waals surface area contributed by atoms with E-state index < -0.39 is 0 Å². The van der Waals surface area contributed by atoms with E-state index in [1.165, 1.54) is 0 Å². The predicted octanol–water partition coefficient (Wildman–Crippen LogP) is 2.77. The molecule has 0 amide bonds. The van der Waals surface area contributed by atoms with Crippen LogP contribution in [0.2, 0.25) is 5.02 Å². The van der Waals surface area contributed by atoms with Crippen LogP contribution in [0.25, 0.3) is 0 Å². The molecule has 1 aromatic rings. The molecule has 2 nitrogen and oxygen atoms in total. The quantitative estimate of drug-likeness (QED) is 0.781. The van der Waals surface area contributed by atoms with Crippen molar-refractivity contribution in [1.29, 1.82) is 0 Å². The van der Waals surface area contributed by atoms with Crippen molar-refractivity contribution < 1.29 is 4.79 Å². The first-order chi connectivity index (χ1) is 7.15. The minimum Gasteiger partial charge on any atom is -0.316 e. The second kappa shape index (κ2) is 5.89. The highest BCUT2D eigenvalue weighted by Gasteiger charge is 2.14. The van der Waals surface area contributed by atoms with E-state index in [1.54, 1.807) is 24.3 Å². The lowest BCUT2D eigenvalue weighted by Crippen LogP contribution is -2.26. The number of Topliss-reactive ketones (excluding diaryl/α,β-unsaturated/α-hetero) is 1. The van der Waals surface area contributed by atoms with Crippen LogP contribution in [0.1, 0.15) is 24.2 Å². The highest BCUT2D eigenvalue weighted by Crippen LogP contribution is 2.14. The van der Waals surface area contributed by atoms with Gasteiger partial charge in [0.05, 0.1) is 0 Å². The molecule has 0 aliphatic rings. The third-order valence-corrected chi connectivity index (χ3v) is 2.49. The van der Waals surface area contributed by atoms with Crippen molar-refractivity contribution in [2.75, 3.05) is 13.1 Å². The Morgan fingerprint density at radius 2 is 2.27 bits per heavy atom. The van der Waals surface area contributed by atoms with Crippen LogP contribution in [0, 0.1) is 5.92 Å². The molecule has 0 saturated heterocycles. The van der Waals surface area contributed by atoms with Gasteiger partial charge in [0, 0.05) is 23.0 Å². The zero-order valence-corrected chi connectivity index (χ0v) is 9.84. The number of hydrogen-bond acceptors (Lipinski definition) is 2. The molecule has 0 heterocycles. The Bertz CT molecular complexity index is 338. The fourth-order valence-electron chi connectivity index (χ4n) is 1.38. The molecule has 0 saturated carbocycles. The van der Waals surface area contributed by atoms with E-state index in [1.807, 2.05) is 13.8 Å². The van der Waals surface area contributed by atoms with E-state index in [0.717, 1.165) is 6.54 Å². The summed E-state index contributed by atoms with van der Waals surface area (Å²) in [6, 6.07) is 7.09. The summed E-state index contributed by atoms with van der Waals surface area (Å²) in [5.41, 5.74) is 0.688. The van der Waals surface area contributed by atoms with Crippen molar-refractivity contribution in [2.24, 2.45) is 5.92 Å². The molecule has 0 aromatic heterocycles. The third kappa shape index (κ3) is 3.65. The van der Waals surface area contributed by atoms with Gasteiger partial charge < -0.3 is 5.32 Å². The smallest absolute Gasteiger partial charge is 0.166 e. The van der Waals surface area contributed by atoms with Gasteiger partial charge in [-0.1, -0.05) is 37.6 Å². The molecule has 0 aliphatic heterocycles. The van der Waals surface area contributed by atoms with Crippen molar-refractivity contribution in [1.82, 2.24) is 5.32 Å². The van der Waals surface area contributed by atoms with Gasteiger partial charge in [-0.05, 0) is 18.7 Å². The number of carbonyl (C=O) groups excluding carboxylic acids is 1. The maximum absolute atomic E-state index is 11.9. The molecule has 82 valence electrons. The second-order valence-electron chi connectivity index (χ2n) is 3.58. The van der Waals surface area contributed by atoms with Gasteiger partial charge in [-0.25, -0.2) is 0 Å². The number of carbonyl (C=O) groups is 1. The maximum atomic E-state index is 11.9. The molecule has 15 heavy (non-hydrogen) atoms. The van der Waals surface area contributed by atoms with E-state index >= 15 is 0 Å². The summed E-state index contributed by atoms with van der Waals surface area (Å²) in [6.45, 7) is 5.54. The molecule has 0 radical (unpaired) electrons. The predicted molar refractivity (Wildman–Crippen MR) is 63.5 cm³/mol. The lowest BCUT2D eigenvalue weighted by Gasteiger charge is -2.10. The van der Waals surface area contributed by atoms with Gasteiger partial charge in [0.15, 0.2) is 5.78 Å². The van der Waals surface area contributed by atoms with Crippen molar-refractivity contribution in [3.63, 3.8) is 0 Å². The van der Waals surface area contributed by atoms with E-state index in [-0.39, 0.29) is 11.7 Å². The number of rotatable bonds is 5. The summed E-state index contributed by atoms with van der Waals surface area (Å²) in [4.78, 5) is 11.9. The summed E-state index contributed by atoms with van der Waals surface area (Å²) in [5, 5.41) is 3.77. The summed E-state index contributed by atoms with van der Waals surface area (Å²) >= 11 is 5.83. The van der Waals surface area contributed by atoms with Crippen LogP contribution in [0.5, 0.6) is 0 Å². The van der Waals surface area contributed by atoms with Crippen molar-refractivity contribution in [2.45, 2.75) is 13.8 Å². The Kier molecular flexibility index (Phi) is 4.79. The highest BCUT2D eigenvalue weighted by atomic mass is 35.5. The first-order valence-corrected chi connectivity index (χ1v) is 5.53. The van der Waals surface area contributed by atoms with Gasteiger partial charge >= 0.3 is 0 Å². The first kappa shape index (κ1) is 12.2. The molecule has 1 unspecified atom stereocenters. The van der Waals surface area contributed by atoms with Crippen LogP contribution in [0.4, 0.5) is 0 Å². The Morgan fingerprint density at radius 3 is 2.87 bits per heavy atom. The normalized spacial score (nSPS) is 12.5. The summed E-state index contributed by atoms with van der Waals surface area (Å²) in [5.74, 6) is 0.127. The van der Waals surface area contributed by atoms with Crippen LogP contribution in [-0.2, 0) is 0 Å². The minimum atomic E-state index is -0.0107. The van der Waals surface area contributed by atoms with Crippen LogP contribution in [0.3, 0.4) is 0 Å². The highest BCUT2D eigenvalue weighted by molar-refractivity contribution is 6.31. The number of nitrogens with one attached hydrogen (secondary N) is 1. The van der Waals surface area contributed by atoms with Gasteiger partial charge in [-0.15, -0.1) is 0 Å². The third-order valence-electron chi connectivity index (χ3n) is 2.26. The Hall–Kier alpha value is -0.860. The average molecular weight is 226 g/mol. The molecule has 1 N–H and O–H groups in total. The van der Waals surface area contributed by atoms with Crippen molar-refractivity contribution >= 4 is 17.4 Å². The van der Waals surface area contributed by atoms with Crippen LogP contribution < -0.4 is 5.32 Å². The van der Waals surface area contributed by atoms with E-state index in [0.29, 0.717) is 17.1 Å². The number of benzene rings is 1. The summed E-state index contributed by atoms with van der Waals surface area (Å²) in [6.07, 6.45) is 0. The van der Waals surface area contributed by atoms with E-state index in [9.17, 15) is 4.79 Å². The molecule has 1 aromatic carbocycles. The molecule has 0 bridgehead atoms. The number of hydrogen-bond donors (Lipinski definition) is 1. The van der Waals surface area contributed by atoms with Crippen LogP contribution in [-0.4, -0.2) is 18.9 Å². The molecule has 0 spiro atoms. The standard InChI is InChI=1S/C12H16ClNO/c1-3-14-8-9(2)12(15)10-5-4-6-11(13)7-10/h4-7,9,14H,3,8H2,1-2H3. The Morgan fingerprint density at radius 1 is 1.53 bits per heavy atom. The molecular weight excluding hydrogens is 210 g/mol. The van der Waals surface area contributed by atoms with Gasteiger partial charge in [0.2, 0.25) is 0 Å². The van der Waals surface area contributed by atoms with E-state index in [2.05, 4.69) is 5.32 Å². The summed E-state index contributed by atoms with van der Waals surface area (Å²) in [7, 11) is 0. The minimum absolute atomic E-state index is 0.0107. The number of ketones is 1. The first-order valence-electron chi connectivity index (χ1n) is 5.15. The average Bonchev–Trinajstić information content (AvgIpc) is 2.24. The van der Waals surface area contributed by atoms with Gasteiger partial charge in [-0.2, -0.15) is 0 Å².